The molecule has 0 saturated heterocycles. The predicted octanol–water partition coefficient (Wildman–Crippen LogP) is 13.4. The van der Waals surface area contributed by atoms with Crippen LogP contribution in [0.1, 0.15) is 10.9 Å². The summed E-state index contributed by atoms with van der Waals surface area (Å²) < 4.78 is 4.85. The van der Waals surface area contributed by atoms with Crippen LogP contribution in [0.5, 0.6) is 0 Å². The van der Waals surface area contributed by atoms with E-state index in [4.69, 9.17) is 0 Å². The van der Waals surface area contributed by atoms with Gasteiger partial charge in [0, 0.05) is 43.5 Å². The SMILES string of the molecule is c1ccc(-c2ccc(-n3c4ccccc4c4cc5c6ccccc6n(-c6ccc(-c7ccc8c(c7)NC(c7ccccc7)S8)cc6)c5cc43)cc2)cc1. The number of anilines is 1. The van der Waals surface area contributed by atoms with Crippen LogP contribution in [0, 0.1) is 0 Å². The fraction of sp³-hybridized carbons (Fsp3) is 0.0204. The summed E-state index contributed by atoms with van der Waals surface area (Å²) in [5.41, 5.74) is 14.5. The van der Waals surface area contributed by atoms with Gasteiger partial charge in [-0.25, -0.2) is 0 Å². The lowest BCUT2D eigenvalue weighted by Gasteiger charge is -2.12. The molecule has 1 aliphatic heterocycles. The molecule has 11 rings (SSSR count). The van der Waals surface area contributed by atoms with Gasteiger partial charge in [-0.1, -0.05) is 139 Å². The van der Waals surface area contributed by atoms with Crippen LogP contribution in [0.3, 0.4) is 0 Å². The number of nitrogens with zero attached hydrogens (tertiary/aromatic N) is 2. The van der Waals surface area contributed by atoms with E-state index in [9.17, 15) is 0 Å². The summed E-state index contributed by atoms with van der Waals surface area (Å²) in [6.07, 6.45) is 0. The Bertz CT molecular complexity index is 2980. The molecule has 1 N–H and O–H groups in total. The van der Waals surface area contributed by atoms with E-state index in [1.54, 1.807) is 0 Å². The number of fused-ring (bicyclic) bond motifs is 7. The van der Waals surface area contributed by atoms with Gasteiger partial charge >= 0.3 is 0 Å². The van der Waals surface area contributed by atoms with E-state index < -0.39 is 0 Å². The lowest BCUT2D eigenvalue weighted by atomic mass is 10.0. The predicted molar refractivity (Wildman–Crippen MR) is 225 cm³/mol. The lowest BCUT2D eigenvalue weighted by Crippen LogP contribution is -2.00. The van der Waals surface area contributed by atoms with Gasteiger partial charge in [0.2, 0.25) is 0 Å². The van der Waals surface area contributed by atoms with Crippen LogP contribution in [0.4, 0.5) is 5.69 Å². The molecule has 0 amide bonds. The first-order valence-corrected chi connectivity index (χ1v) is 19.0. The Hall–Kier alpha value is -6.49. The Morgan fingerprint density at radius 3 is 1.47 bits per heavy atom. The number of rotatable bonds is 5. The third-order valence-electron chi connectivity index (χ3n) is 10.8. The molecule has 53 heavy (non-hydrogen) atoms. The van der Waals surface area contributed by atoms with Crippen LogP contribution in [-0.2, 0) is 0 Å². The Morgan fingerprint density at radius 1 is 0.377 bits per heavy atom. The molecule has 0 radical (unpaired) electrons. The van der Waals surface area contributed by atoms with Crippen LogP contribution in [0.15, 0.2) is 193 Å². The molecule has 0 fully saturated rings. The zero-order chi connectivity index (χ0) is 34.9. The van der Waals surface area contributed by atoms with Gasteiger partial charge in [-0.2, -0.15) is 0 Å². The van der Waals surface area contributed by atoms with E-state index in [-0.39, 0.29) is 5.37 Å². The number of thioether (sulfide) groups is 1. The molecule has 3 heterocycles. The summed E-state index contributed by atoms with van der Waals surface area (Å²) >= 11 is 1.88. The second kappa shape index (κ2) is 12.0. The summed E-state index contributed by atoms with van der Waals surface area (Å²) in [4.78, 5) is 1.29. The molecular weight excluding hydrogens is 663 g/mol. The summed E-state index contributed by atoms with van der Waals surface area (Å²) in [5.74, 6) is 0. The van der Waals surface area contributed by atoms with Gasteiger partial charge in [0.25, 0.3) is 0 Å². The highest BCUT2D eigenvalue weighted by molar-refractivity contribution is 8.00. The highest BCUT2D eigenvalue weighted by atomic mass is 32.2. The molecule has 0 bridgehead atoms. The van der Waals surface area contributed by atoms with Gasteiger partial charge in [-0.3, -0.25) is 0 Å². The van der Waals surface area contributed by atoms with E-state index >= 15 is 0 Å². The van der Waals surface area contributed by atoms with E-state index in [0.29, 0.717) is 0 Å². The Balaban J connectivity index is 1.03. The second-order valence-corrected chi connectivity index (χ2v) is 15.0. The van der Waals surface area contributed by atoms with Crippen molar-refractivity contribution in [1.82, 2.24) is 9.13 Å². The monoisotopic (exact) mass is 695 g/mol. The number of nitrogens with one attached hydrogen (secondary N) is 1. The second-order valence-electron chi connectivity index (χ2n) is 13.8. The normalized spacial score (nSPS) is 13.9. The third kappa shape index (κ3) is 4.91. The van der Waals surface area contributed by atoms with Crippen molar-refractivity contribution in [1.29, 1.82) is 0 Å². The molecule has 1 aliphatic rings. The van der Waals surface area contributed by atoms with Gasteiger partial charge in [-0.15, -0.1) is 0 Å². The molecule has 4 heteroatoms. The van der Waals surface area contributed by atoms with E-state index in [1.807, 2.05) is 11.8 Å². The summed E-state index contributed by atoms with van der Waals surface area (Å²) in [6.45, 7) is 0. The Morgan fingerprint density at radius 2 is 0.868 bits per heavy atom. The van der Waals surface area contributed by atoms with Gasteiger partial charge in [0.05, 0.1) is 22.1 Å². The maximum Gasteiger partial charge on any atom is 0.103 e. The van der Waals surface area contributed by atoms with Crippen LogP contribution in [-0.4, -0.2) is 9.13 Å². The number of aromatic nitrogens is 2. The number of hydrogen-bond acceptors (Lipinski definition) is 2. The first-order chi connectivity index (χ1) is 26.3. The molecule has 8 aromatic carbocycles. The minimum absolute atomic E-state index is 0.234. The lowest BCUT2D eigenvalue weighted by molar-refractivity contribution is 1.13. The van der Waals surface area contributed by atoms with Gasteiger partial charge in [0.15, 0.2) is 0 Å². The Labute approximate surface area is 311 Å². The van der Waals surface area contributed by atoms with Crippen molar-refractivity contribution < 1.29 is 0 Å². The van der Waals surface area contributed by atoms with Crippen molar-refractivity contribution in [2.45, 2.75) is 10.3 Å². The third-order valence-corrected chi connectivity index (χ3v) is 12.0. The number of benzene rings is 8. The average Bonchev–Trinajstić information content (AvgIpc) is 3.90. The summed E-state index contributed by atoms with van der Waals surface area (Å²) in [5, 5.41) is 9.01. The smallest absolute Gasteiger partial charge is 0.103 e. The van der Waals surface area contributed by atoms with Crippen molar-refractivity contribution in [3.63, 3.8) is 0 Å². The van der Waals surface area contributed by atoms with Gasteiger partial charge in [0.1, 0.15) is 5.37 Å². The molecule has 0 spiro atoms. The fourth-order valence-corrected chi connectivity index (χ4v) is 9.35. The first-order valence-electron chi connectivity index (χ1n) is 18.1. The van der Waals surface area contributed by atoms with Crippen LogP contribution in [0.25, 0.3) is 77.2 Å². The highest BCUT2D eigenvalue weighted by Crippen LogP contribution is 2.48. The van der Waals surface area contributed by atoms with E-state index in [0.717, 1.165) is 11.4 Å². The zero-order valence-electron chi connectivity index (χ0n) is 28.8. The maximum atomic E-state index is 3.74. The summed E-state index contributed by atoms with van der Waals surface area (Å²) in [7, 11) is 0. The quantitative estimate of drug-likeness (QED) is 0.194. The molecule has 1 unspecified atom stereocenters. The first kappa shape index (κ1) is 30.2. The number of para-hydroxylation sites is 2. The molecule has 3 nitrogen and oxygen atoms in total. The molecule has 0 aliphatic carbocycles. The summed E-state index contributed by atoms with van der Waals surface area (Å²) in [6, 6.07) is 68.5. The minimum Gasteiger partial charge on any atom is -0.368 e. The van der Waals surface area contributed by atoms with Crippen molar-refractivity contribution >= 4 is 61.1 Å². The van der Waals surface area contributed by atoms with Crippen LogP contribution < -0.4 is 5.32 Å². The van der Waals surface area contributed by atoms with Crippen LogP contribution in [0.2, 0.25) is 0 Å². The Kier molecular flexibility index (Phi) is 6.86. The van der Waals surface area contributed by atoms with Crippen molar-refractivity contribution in [3.8, 4) is 33.6 Å². The molecular formula is C49H33N3S. The molecule has 250 valence electrons. The molecule has 1 atom stereocenters. The van der Waals surface area contributed by atoms with Crippen LogP contribution >= 0.6 is 11.8 Å². The van der Waals surface area contributed by atoms with E-state index in [1.165, 1.54) is 82.0 Å². The van der Waals surface area contributed by atoms with Gasteiger partial charge in [-0.05, 0) is 88.5 Å². The van der Waals surface area contributed by atoms with Crippen molar-refractivity contribution in [2.75, 3.05) is 5.32 Å². The topological polar surface area (TPSA) is 21.9 Å². The minimum atomic E-state index is 0.234. The fourth-order valence-electron chi connectivity index (χ4n) is 8.23. The molecule has 10 aromatic rings. The largest absolute Gasteiger partial charge is 0.368 e. The van der Waals surface area contributed by atoms with Crippen molar-refractivity contribution in [3.05, 3.63) is 194 Å². The van der Waals surface area contributed by atoms with Crippen molar-refractivity contribution in [2.24, 2.45) is 0 Å². The molecule has 0 saturated carbocycles. The van der Waals surface area contributed by atoms with E-state index in [2.05, 4.69) is 203 Å². The zero-order valence-corrected chi connectivity index (χ0v) is 29.6. The van der Waals surface area contributed by atoms with Gasteiger partial charge < -0.3 is 14.5 Å². The number of hydrogen-bond donors (Lipinski definition) is 1. The highest BCUT2D eigenvalue weighted by Gasteiger charge is 2.23. The average molecular weight is 696 g/mol. The maximum absolute atomic E-state index is 3.74. The standard InChI is InChI=1S/C49H33N3S/c1-3-11-32(12-4-1)33-19-24-37(25-20-33)51-44-17-9-7-15-39(44)41-30-42-40-16-8-10-18-45(40)52(47(42)31-46(41)51)38-26-21-34(22-27-38)36-23-28-48-43(29-36)50-49(53-48)35-13-5-2-6-14-35/h1-31,49-50H. The molecule has 2 aromatic heterocycles.